The molecule has 3 fully saturated rings. The average molecular weight is 387 g/mol. The zero-order valence-corrected chi connectivity index (χ0v) is 15.2. The molecule has 146 valence electrons. The van der Waals surface area contributed by atoms with Crippen molar-refractivity contribution in [2.75, 3.05) is 4.90 Å². The van der Waals surface area contributed by atoms with Gasteiger partial charge in [0.25, 0.3) is 0 Å². The van der Waals surface area contributed by atoms with E-state index in [4.69, 9.17) is 0 Å². The lowest BCUT2D eigenvalue weighted by Gasteiger charge is -2.24. The van der Waals surface area contributed by atoms with Gasteiger partial charge in [-0.25, -0.2) is 4.90 Å². The van der Waals surface area contributed by atoms with Crippen LogP contribution in [0.3, 0.4) is 0 Å². The smallest absolute Gasteiger partial charge is 0.274 e. The van der Waals surface area contributed by atoms with Crippen LogP contribution in [0.4, 0.5) is 18.9 Å². The number of halogens is 3. The van der Waals surface area contributed by atoms with Crippen molar-refractivity contribution in [2.24, 2.45) is 23.7 Å². The molecule has 0 radical (unpaired) electrons. The maximum Gasteiger partial charge on any atom is 0.418 e. The van der Waals surface area contributed by atoms with Crippen LogP contribution in [0.25, 0.3) is 0 Å². The van der Waals surface area contributed by atoms with Gasteiger partial charge in [0.05, 0.1) is 23.1 Å². The van der Waals surface area contributed by atoms with Gasteiger partial charge in [-0.1, -0.05) is 41.9 Å². The average Bonchev–Trinajstić information content (AvgIpc) is 3.31. The summed E-state index contributed by atoms with van der Waals surface area (Å²) in [6.45, 7) is 0. The van der Waals surface area contributed by atoms with Gasteiger partial charge in [0, 0.05) is 11.8 Å². The fraction of sp³-hybridized carbons (Fsp3) is 0.455. The molecule has 6 heteroatoms. The number of nitrogens with zero attached hydrogens (tertiary/aromatic N) is 1. The summed E-state index contributed by atoms with van der Waals surface area (Å²) in [5, 5.41) is 0. The van der Waals surface area contributed by atoms with Gasteiger partial charge in [0.15, 0.2) is 0 Å². The van der Waals surface area contributed by atoms with Crippen LogP contribution in [-0.4, -0.2) is 11.8 Å². The van der Waals surface area contributed by atoms with E-state index in [-0.39, 0.29) is 17.5 Å². The Labute approximate surface area is 160 Å². The van der Waals surface area contributed by atoms with Gasteiger partial charge in [-0.2, -0.15) is 13.2 Å². The first-order valence-electron chi connectivity index (χ1n) is 9.84. The minimum Gasteiger partial charge on any atom is -0.274 e. The van der Waals surface area contributed by atoms with E-state index in [0.717, 1.165) is 36.6 Å². The number of amides is 2. The zero-order valence-electron chi connectivity index (χ0n) is 15.2. The molecule has 28 heavy (non-hydrogen) atoms. The molecule has 1 aliphatic heterocycles. The Balaban J connectivity index is 1.55. The SMILES string of the molecule is O=C1[C@@H]2[C@H](C(=O)N1c1ccccc1C(F)(F)F)[C@H]1C=C[C@H]2C1=C1CCCCC1. The molecule has 4 aliphatic rings. The van der Waals surface area contributed by atoms with Crippen LogP contribution in [0.2, 0.25) is 0 Å². The van der Waals surface area contributed by atoms with Crippen molar-refractivity contribution >= 4 is 17.5 Å². The Bertz CT molecular complexity index is 888. The molecule has 0 N–H and O–H groups in total. The van der Waals surface area contributed by atoms with Crippen LogP contribution < -0.4 is 4.90 Å². The highest BCUT2D eigenvalue weighted by Gasteiger charge is 2.62. The van der Waals surface area contributed by atoms with E-state index in [1.165, 1.54) is 35.8 Å². The number of imide groups is 1. The van der Waals surface area contributed by atoms with Crippen LogP contribution in [0.5, 0.6) is 0 Å². The van der Waals surface area contributed by atoms with Crippen molar-refractivity contribution < 1.29 is 22.8 Å². The number of hydrogen-bond donors (Lipinski definition) is 0. The number of benzene rings is 1. The van der Waals surface area contributed by atoms with Gasteiger partial charge < -0.3 is 0 Å². The lowest BCUT2D eigenvalue weighted by Crippen LogP contribution is -2.35. The van der Waals surface area contributed by atoms with Crippen LogP contribution in [0.15, 0.2) is 47.6 Å². The van der Waals surface area contributed by atoms with Gasteiger partial charge >= 0.3 is 6.18 Å². The summed E-state index contributed by atoms with van der Waals surface area (Å²) in [6, 6.07) is 4.85. The second-order valence-corrected chi connectivity index (χ2v) is 8.13. The number of carbonyl (C=O) groups excluding carboxylic acids is 2. The summed E-state index contributed by atoms with van der Waals surface area (Å²) < 4.78 is 40.3. The minimum absolute atomic E-state index is 0.136. The molecule has 2 amide bonds. The van der Waals surface area contributed by atoms with E-state index in [1.807, 2.05) is 12.2 Å². The maximum absolute atomic E-state index is 13.4. The summed E-state index contributed by atoms with van der Waals surface area (Å²) in [5.41, 5.74) is 1.29. The van der Waals surface area contributed by atoms with Gasteiger partial charge in [-0.3, -0.25) is 9.59 Å². The Morgan fingerprint density at radius 1 is 0.857 bits per heavy atom. The Morgan fingerprint density at radius 2 is 1.43 bits per heavy atom. The largest absolute Gasteiger partial charge is 0.418 e. The summed E-state index contributed by atoms with van der Waals surface area (Å²) in [5.74, 6) is -2.37. The fourth-order valence-corrected chi connectivity index (χ4v) is 5.65. The molecular weight excluding hydrogens is 367 g/mol. The molecule has 4 atom stereocenters. The first-order chi connectivity index (χ1) is 13.4. The highest BCUT2D eigenvalue weighted by atomic mass is 19.4. The maximum atomic E-state index is 13.4. The molecule has 0 aromatic heterocycles. The number of rotatable bonds is 1. The summed E-state index contributed by atoms with van der Waals surface area (Å²) in [6.07, 6.45) is 4.83. The molecule has 3 aliphatic carbocycles. The lowest BCUT2D eigenvalue weighted by atomic mass is 9.85. The van der Waals surface area contributed by atoms with Crippen LogP contribution >= 0.6 is 0 Å². The molecule has 0 unspecified atom stereocenters. The highest BCUT2D eigenvalue weighted by molar-refractivity contribution is 6.23. The van der Waals surface area contributed by atoms with E-state index < -0.39 is 35.4 Å². The second kappa shape index (κ2) is 6.06. The van der Waals surface area contributed by atoms with Gasteiger partial charge in [-0.15, -0.1) is 0 Å². The van der Waals surface area contributed by atoms with Crippen molar-refractivity contribution in [3.05, 3.63) is 53.1 Å². The Morgan fingerprint density at radius 3 is 2.00 bits per heavy atom. The van der Waals surface area contributed by atoms with Gasteiger partial charge in [-0.05, 0) is 37.8 Å². The molecule has 2 saturated carbocycles. The topological polar surface area (TPSA) is 37.4 Å². The third kappa shape index (κ3) is 2.36. The third-order valence-corrected chi connectivity index (χ3v) is 6.73. The van der Waals surface area contributed by atoms with Gasteiger partial charge in [0.1, 0.15) is 0 Å². The Hall–Kier alpha value is -2.37. The van der Waals surface area contributed by atoms with Crippen molar-refractivity contribution in [1.29, 1.82) is 0 Å². The number of alkyl halides is 3. The predicted molar refractivity (Wildman–Crippen MR) is 97.1 cm³/mol. The number of carbonyl (C=O) groups is 2. The zero-order chi connectivity index (χ0) is 19.6. The molecular formula is C22H20F3NO2. The van der Waals surface area contributed by atoms with E-state index in [9.17, 15) is 22.8 Å². The molecule has 1 aromatic rings. The number of anilines is 1. The highest BCUT2D eigenvalue weighted by Crippen LogP contribution is 2.58. The molecule has 2 bridgehead atoms. The predicted octanol–water partition coefficient (Wildman–Crippen LogP) is 4.89. The first kappa shape index (κ1) is 17.7. The number of allylic oxidation sites excluding steroid dienone is 4. The molecule has 1 heterocycles. The standard InChI is InChI=1S/C22H20F3NO2/c23-22(24,25)15-8-4-5-9-16(15)26-20(27)18-13-10-11-14(19(18)21(26)28)17(13)12-6-2-1-3-7-12/h4-5,8-11,13-14,18-19H,1-3,6-7H2/t13-,14-,18-,19+/m0/s1. The van der Waals surface area contributed by atoms with Gasteiger partial charge in [0.2, 0.25) is 11.8 Å². The van der Waals surface area contributed by atoms with E-state index in [1.54, 1.807) is 0 Å². The summed E-state index contributed by atoms with van der Waals surface area (Å²) >= 11 is 0. The summed E-state index contributed by atoms with van der Waals surface area (Å²) in [4.78, 5) is 27.2. The monoisotopic (exact) mass is 387 g/mol. The van der Waals surface area contributed by atoms with Crippen molar-refractivity contribution in [3.63, 3.8) is 0 Å². The number of para-hydroxylation sites is 1. The fourth-order valence-electron chi connectivity index (χ4n) is 5.65. The Kier molecular flexibility index (Phi) is 3.83. The third-order valence-electron chi connectivity index (χ3n) is 6.73. The molecule has 5 rings (SSSR count). The van der Waals surface area contributed by atoms with Crippen LogP contribution in [-0.2, 0) is 15.8 Å². The lowest BCUT2D eigenvalue weighted by molar-refractivity contribution is -0.137. The molecule has 3 nitrogen and oxygen atoms in total. The molecule has 1 saturated heterocycles. The molecule has 1 aromatic carbocycles. The van der Waals surface area contributed by atoms with Crippen molar-refractivity contribution in [1.82, 2.24) is 0 Å². The number of hydrogen-bond acceptors (Lipinski definition) is 2. The van der Waals surface area contributed by atoms with E-state index in [0.29, 0.717) is 0 Å². The van der Waals surface area contributed by atoms with Crippen LogP contribution in [0.1, 0.15) is 37.7 Å². The molecule has 0 spiro atoms. The first-order valence-corrected chi connectivity index (χ1v) is 9.84. The summed E-state index contributed by atoms with van der Waals surface area (Å²) in [7, 11) is 0. The minimum atomic E-state index is -4.62. The number of fused-ring (bicyclic) bond motifs is 5. The second-order valence-electron chi connectivity index (χ2n) is 8.13. The van der Waals surface area contributed by atoms with E-state index in [2.05, 4.69) is 0 Å². The quantitative estimate of drug-likeness (QED) is 0.508. The van der Waals surface area contributed by atoms with Crippen LogP contribution in [0, 0.1) is 23.7 Å². The van der Waals surface area contributed by atoms with E-state index >= 15 is 0 Å². The van der Waals surface area contributed by atoms with Crippen molar-refractivity contribution in [2.45, 2.75) is 38.3 Å². The van der Waals surface area contributed by atoms with Crippen molar-refractivity contribution in [3.8, 4) is 0 Å². The normalized spacial score (nSPS) is 31.9.